The summed E-state index contributed by atoms with van der Waals surface area (Å²) < 4.78 is 7.70. The molecule has 3 amide bonds. The number of amides is 3. The monoisotopic (exact) mass is 749 g/mol. The van der Waals surface area contributed by atoms with Crippen LogP contribution >= 0.6 is 0 Å². The van der Waals surface area contributed by atoms with Crippen molar-refractivity contribution in [3.63, 3.8) is 0 Å². The van der Waals surface area contributed by atoms with Crippen LogP contribution in [0.3, 0.4) is 0 Å². The minimum atomic E-state index is -0.384. The summed E-state index contributed by atoms with van der Waals surface area (Å²) in [6.45, 7) is 8.10. The predicted octanol–water partition coefficient (Wildman–Crippen LogP) is 2.95. The van der Waals surface area contributed by atoms with Crippen molar-refractivity contribution in [1.82, 2.24) is 35.2 Å². The lowest BCUT2D eigenvalue weighted by Crippen LogP contribution is -2.48. The Labute approximate surface area is 321 Å². The molecule has 0 bridgehead atoms. The molecule has 290 valence electrons. The number of ether oxygens (including phenoxy) is 1. The second kappa shape index (κ2) is 15.0. The highest BCUT2D eigenvalue weighted by atomic mass is 16.5. The number of pyridine rings is 1. The maximum Gasteiger partial charge on any atom is 0.272 e. The van der Waals surface area contributed by atoms with E-state index in [9.17, 15) is 14.4 Å². The Morgan fingerprint density at radius 2 is 1.82 bits per heavy atom. The fraction of sp³-hybridized carbons (Fsp3) is 0.475. The molecule has 1 aromatic carbocycles. The third-order valence-corrected chi connectivity index (χ3v) is 11.2. The number of fused-ring (bicyclic) bond motifs is 3. The Morgan fingerprint density at radius 1 is 1.04 bits per heavy atom. The number of anilines is 2. The van der Waals surface area contributed by atoms with Crippen molar-refractivity contribution < 1.29 is 19.1 Å². The van der Waals surface area contributed by atoms with Crippen LogP contribution < -0.4 is 32.3 Å². The van der Waals surface area contributed by atoms with E-state index < -0.39 is 0 Å². The van der Waals surface area contributed by atoms with Crippen LogP contribution in [0, 0.1) is 5.92 Å². The molecule has 0 radical (unpaired) electrons. The number of aromatic nitrogens is 3. The first kappa shape index (κ1) is 36.6. The molecule has 55 heavy (non-hydrogen) atoms. The Hall–Kier alpha value is -5.41. The van der Waals surface area contributed by atoms with Gasteiger partial charge in [-0.15, -0.1) is 0 Å². The molecule has 2 aliphatic carbocycles. The molecule has 7 N–H and O–H groups in total. The molecular formula is C40H51N11O4. The van der Waals surface area contributed by atoms with Crippen molar-refractivity contribution in [1.29, 1.82) is 0 Å². The number of carbonyl (C=O) groups excluding carboxylic acids is 3. The summed E-state index contributed by atoms with van der Waals surface area (Å²) in [7, 11) is 2.08. The van der Waals surface area contributed by atoms with Gasteiger partial charge in [-0.1, -0.05) is 25.1 Å². The topological polar surface area (TPSA) is 189 Å². The van der Waals surface area contributed by atoms with Crippen molar-refractivity contribution in [2.24, 2.45) is 17.4 Å². The molecule has 0 spiro atoms. The van der Waals surface area contributed by atoms with E-state index in [-0.39, 0.29) is 59.3 Å². The molecule has 2 saturated heterocycles. The molecule has 5 aliphatic rings. The number of nitrogens with two attached hydrogens (primary N) is 2. The van der Waals surface area contributed by atoms with E-state index in [2.05, 4.69) is 50.5 Å². The van der Waals surface area contributed by atoms with Gasteiger partial charge in [-0.3, -0.25) is 24.0 Å². The van der Waals surface area contributed by atoms with Crippen LogP contribution in [-0.4, -0.2) is 94.3 Å². The summed E-state index contributed by atoms with van der Waals surface area (Å²) in [5.41, 5.74) is 19.3. The molecule has 3 aromatic rings. The van der Waals surface area contributed by atoms with Gasteiger partial charge in [-0.2, -0.15) is 5.10 Å². The second-order valence-corrected chi connectivity index (χ2v) is 15.5. The normalized spacial score (nSPS) is 21.9. The maximum atomic E-state index is 13.2. The largest absolute Gasteiger partial charge is 0.393 e. The third-order valence-electron chi connectivity index (χ3n) is 11.2. The number of nitrogens with zero attached hydrogens (tertiary/aromatic N) is 6. The molecule has 1 unspecified atom stereocenters. The van der Waals surface area contributed by atoms with Gasteiger partial charge in [0.2, 0.25) is 5.91 Å². The highest BCUT2D eigenvalue weighted by Gasteiger charge is 2.38. The number of benzene rings is 1. The van der Waals surface area contributed by atoms with Gasteiger partial charge in [0.1, 0.15) is 17.2 Å². The van der Waals surface area contributed by atoms with Crippen LogP contribution in [0.25, 0.3) is 11.1 Å². The first-order valence-corrected chi connectivity index (χ1v) is 19.5. The SMILES string of the molecule is CCC1c2c(cnn2C2CN(Cc3cccc(C(=O)N4CCOC[C@@H]4C)n3)C2)-c2cccc(NC(/C=C(\N)NC(=O)C3CC3)=C(/N)C(=O)NC3CC3)c2N1C. The highest BCUT2D eigenvalue weighted by Crippen LogP contribution is 2.49. The van der Waals surface area contributed by atoms with Gasteiger partial charge in [0.05, 0.1) is 66.0 Å². The number of para-hydroxylation sites is 1. The van der Waals surface area contributed by atoms with Crippen LogP contribution in [0.1, 0.15) is 79.9 Å². The van der Waals surface area contributed by atoms with E-state index in [0.717, 1.165) is 79.1 Å². The number of nitrogens with one attached hydrogen (secondary N) is 3. The fourth-order valence-electron chi connectivity index (χ4n) is 7.89. The van der Waals surface area contributed by atoms with Gasteiger partial charge >= 0.3 is 0 Å². The average Bonchev–Trinajstić information content (AvgIpc) is 4.11. The lowest BCUT2D eigenvalue weighted by Gasteiger charge is -2.43. The highest BCUT2D eigenvalue weighted by molar-refractivity contribution is 5.97. The van der Waals surface area contributed by atoms with E-state index in [1.807, 2.05) is 42.3 Å². The molecule has 2 saturated carbocycles. The molecule has 3 aliphatic heterocycles. The van der Waals surface area contributed by atoms with E-state index in [1.54, 1.807) is 6.07 Å². The van der Waals surface area contributed by atoms with Crippen LogP contribution in [0.4, 0.5) is 11.4 Å². The zero-order chi connectivity index (χ0) is 38.4. The van der Waals surface area contributed by atoms with E-state index in [4.69, 9.17) is 26.3 Å². The molecule has 5 heterocycles. The number of carbonyl (C=O) groups is 3. The zero-order valence-corrected chi connectivity index (χ0v) is 31.8. The smallest absolute Gasteiger partial charge is 0.272 e. The summed E-state index contributed by atoms with van der Waals surface area (Å²) in [6.07, 6.45) is 7.85. The summed E-state index contributed by atoms with van der Waals surface area (Å²) in [4.78, 5) is 50.1. The summed E-state index contributed by atoms with van der Waals surface area (Å²) >= 11 is 0. The van der Waals surface area contributed by atoms with Gasteiger partial charge in [-0.25, -0.2) is 4.98 Å². The van der Waals surface area contributed by atoms with Crippen molar-refractivity contribution >= 4 is 29.1 Å². The fourth-order valence-corrected chi connectivity index (χ4v) is 7.89. The Bertz CT molecular complexity index is 2040. The Balaban J connectivity index is 1.01. The van der Waals surface area contributed by atoms with E-state index in [0.29, 0.717) is 37.7 Å². The standard InChI is InChI=1S/C40H51N11O4/c1-4-33-37-29(18-43-51(37)27-20-49(21-27)19-26-7-5-10-31(44-26)40(54)50-15-16-55-22-23(50)2)28-8-6-9-30(36(28)48(33)3)46-32(35(42)39(53)45-25-13-14-25)17-34(41)47-38(52)24-11-12-24/h5-10,17-18,23-25,27,33,46H,4,11-16,19-22,41-42H2,1-3H3,(H,45,53)(H,47,52)/b34-17+,35-32+/t23-,33?/m0/s1. The number of morpholine rings is 1. The van der Waals surface area contributed by atoms with E-state index in [1.165, 1.54) is 6.08 Å². The summed E-state index contributed by atoms with van der Waals surface area (Å²) in [5.74, 6) is -0.484. The number of allylic oxidation sites excluding steroid dienone is 1. The van der Waals surface area contributed by atoms with Crippen molar-refractivity contribution in [2.75, 3.05) is 50.1 Å². The second-order valence-electron chi connectivity index (χ2n) is 15.5. The first-order valence-electron chi connectivity index (χ1n) is 19.5. The van der Waals surface area contributed by atoms with Crippen molar-refractivity contribution in [3.8, 4) is 11.1 Å². The number of likely N-dealkylation sites (tertiary alicyclic amines) is 1. The van der Waals surface area contributed by atoms with Crippen LogP contribution in [0.15, 0.2) is 65.9 Å². The molecule has 2 atom stereocenters. The average molecular weight is 750 g/mol. The minimum Gasteiger partial charge on any atom is -0.393 e. The third kappa shape index (κ3) is 7.50. The minimum absolute atomic E-state index is 0.0121. The van der Waals surface area contributed by atoms with E-state index >= 15 is 0 Å². The van der Waals surface area contributed by atoms with Gasteiger partial charge in [0.15, 0.2) is 0 Å². The summed E-state index contributed by atoms with van der Waals surface area (Å²) in [5, 5.41) is 14.1. The molecule has 15 heteroatoms. The molecule has 2 aromatic heterocycles. The van der Waals surface area contributed by atoms with Gasteiger partial charge in [0.25, 0.3) is 11.8 Å². The molecule has 4 fully saturated rings. The van der Waals surface area contributed by atoms with Gasteiger partial charge in [0, 0.05) is 62.4 Å². The first-order chi connectivity index (χ1) is 26.6. The Morgan fingerprint density at radius 3 is 2.55 bits per heavy atom. The lowest BCUT2D eigenvalue weighted by molar-refractivity contribution is -0.121. The quantitative estimate of drug-likeness (QED) is 0.135. The summed E-state index contributed by atoms with van der Waals surface area (Å²) in [6, 6.07) is 12.1. The van der Waals surface area contributed by atoms with Crippen molar-refractivity contribution in [2.45, 2.75) is 76.7 Å². The van der Waals surface area contributed by atoms with Crippen molar-refractivity contribution in [3.05, 3.63) is 83.0 Å². The van der Waals surface area contributed by atoms with Gasteiger partial charge in [-0.05, 0) is 57.2 Å². The zero-order valence-electron chi connectivity index (χ0n) is 31.8. The lowest BCUT2D eigenvalue weighted by atomic mass is 9.91. The number of hydrogen-bond donors (Lipinski definition) is 5. The molecular weight excluding hydrogens is 699 g/mol. The maximum absolute atomic E-state index is 13.2. The Kier molecular flexibility index (Phi) is 9.99. The molecule has 15 nitrogen and oxygen atoms in total. The van der Waals surface area contributed by atoms with Crippen LogP contribution in [-0.2, 0) is 20.9 Å². The molecule has 8 rings (SSSR count). The van der Waals surface area contributed by atoms with Gasteiger partial charge < -0.3 is 42.0 Å². The van der Waals surface area contributed by atoms with Crippen LogP contribution in [0.5, 0.6) is 0 Å². The predicted molar refractivity (Wildman–Crippen MR) is 208 cm³/mol. The number of hydrogen-bond acceptors (Lipinski definition) is 11. The number of rotatable bonds is 12. The van der Waals surface area contributed by atoms with Crippen LogP contribution in [0.2, 0.25) is 0 Å².